The number of benzene rings is 2. The van der Waals surface area contributed by atoms with Crippen LogP contribution in [0.5, 0.6) is 0 Å². The molecule has 3 aromatic rings. The number of hydrogen-bond acceptors (Lipinski definition) is 4. The highest BCUT2D eigenvalue weighted by Crippen LogP contribution is 2.34. The van der Waals surface area contributed by atoms with Gasteiger partial charge in [0.15, 0.2) is 5.78 Å². The highest BCUT2D eigenvalue weighted by Gasteiger charge is 2.36. The smallest absolute Gasteiger partial charge is 0.289 e. The molecule has 0 bridgehead atoms. The van der Waals surface area contributed by atoms with Gasteiger partial charge in [-0.1, -0.05) is 29.8 Å². The molecule has 0 saturated carbocycles. The van der Waals surface area contributed by atoms with E-state index in [1.807, 2.05) is 0 Å². The molecule has 0 N–H and O–H groups in total. The Labute approximate surface area is 205 Å². The molecule has 1 saturated heterocycles. The van der Waals surface area contributed by atoms with E-state index in [-0.39, 0.29) is 34.7 Å². The molecule has 0 unspecified atom stereocenters. The van der Waals surface area contributed by atoms with Crippen LogP contribution in [0.1, 0.15) is 16.7 Å². The summed E-state index contributed by atoms with van der Waals surface area (Å²) in [5, 5.41) is 0.348. The van der Waals surface area contributed by atoms with Gasteiger partial charge in [0.25, 0.3) is 0 Å². The van der Waals surface area contributed by atoms with Gasteiger partial charge in [-0.2, -0.15) is 17.5 Å². The average molecular weight is 519 g/mol. The molecule has 2 aromatic carbocycles. The average Bonchev–Trinajstić information content (AvgIpc) is 2.82. The number of nitrogens with zero attached hydrogens (tertiary/aromatic N) is 2. The van der Waals surface area contributed by atoms with Crippen molar-refractivity contribution < 1.29 is 26.4 Å². The summed E-state index contributed by atoms with van der Waals surface area (Å²) in [6.45, 7) is -0.631. The molecule has 0 atom stereocenters. The fourth-order valence-electron chi connectivity index (χ4n) is 3.66. The molecule has 2 heterocycles. The topological polar surface area (TPSA) is 67.3 Å². The van der Waals surface area contributed by atoms with E-state index in [1.165, 1.54) is 60.9 Å². The summed E-state index contributed by atoms with van der Waals surface area (Å²) in [5.41, 5.74) is -0.499. The lowest BCUT2D eigenvalue weighted by molar-refractivity contribution is -0.137. The summed E-state index contributed by atoms with van der Waals surface area (Å²) in [6, 6.07) is 13.6. The Bertz CT molecular complexity index is 1420. The molecule has 0 spiro atoms. The number of alkyl halides is 3. The molecule has 180 valence electrons. The van der Waals surface area contributed by atoms with Gasteiger partial charge >= 0.3 is 6.18 Å². The fourth-order valence-corrected chi connectivity index (χ4v) is 5.19. The predicted octanol–water partition coefficient (Wildman–Crippen LogP) is 5.49. The number of ketones is 1. The molecule has 0 aliphatic carbocycles. The lowest BCUT2D eigenvalue weighted by atomic mass is 9.94. The maximum atomic E-state index is 13.5. The first kappa shape index (κ1) is 24.8. The highest BCUT2D eigenvalue weighted by molar-refractivity contribution is 7.89. The van der Waals surface area contributed by atoms with Gasteiger partial charge in [0.1, 0.15) is 0 Å². The second kappa shape index (κ2) is 9.77. The minimum atomic E-state index is -4.64. The molecule has 1 fully saturated rings. The van der Waals surface area contributed by atoms with Crippen molar-refractivity contribution in [1.29, 1.82) is 0 Å². The summed E-state index contributed by atoms with van der Waals surface area (Å²) in [6.07, 6.45) is 0.999. The monoisotopic (exact) mass is 518 g/mol. The number of piperidine rings is 1. The van der Waals surface area contributed by atoms with E-state index in [9.17, 15) is 26.4 Å². The Morgan fingerprint density at radius 1 is 0.886 bits per heavy atom. The maximum Gasteiger partial charge on any atom is 0.416 e. The van der Waals surface area contributed by atoms with E-state index < -0.39 is 27.5 Å². The van der Waals surface area contributed by atoms with Crippen molar-refractivity contribution in [3.63, 3.8) is 0 Å². The van der Waals surface area contributed by atoms with E-state index in [0.29, 0.717) is 10.6 Å². The molecule has 0 radical (unpaired) electrons. The number of Topliss-reactive ketones (excluding diaryl/α,β-unsaturated/α-hetero) is 1. The first-order chi connectivity index (χ1) is 16.6. The third kappa shape index (κ3) is 5.53. The van der Waals surface area contributed by atoms with Gasteiger partial charge in [-0.15, -0.1) is 0 Å². The van der Waals surface area contributed by atoms with Gasteiger partial charge in [0.2, 0.25) is 10.0 Å². The Kier molecular flexibility index (Phi) is 6.93. The van der Waals surface area contributed by atoms with E-state index in [4.69, 9.17) is 11.6 Å². The number of rotatable bonds is 4. The van der Waals surface area contributed by atoms with Gasteiger partial charge in [-0.25, -0.2) is 8.42 Å². The molecule has 10 heteroatoms. The minimum Gasteiger partial charge on any atom is -0.289 e. The molecule has 35 heavy (non-hydrogen) atoms. The molecule has 1 aliphatic heterocycles. The number of carbonyl (C=O) groups excluding carboxylic acids is 1. The van der Waals surface area contributed by atoms with Crippen molar-refractivity contribution in [2.24, 2.45) is 0 Å². The van der Waals surface area contributed by atoms with Crippen molar-refractivity contribution >= 4 is 39.6 Å². The van der Waals surface area contributed by atoms with Crippen molar-refractivity contribution in [3.8, 4) is 0 Å². The van der Waals surface area contributed by atoms with Gasteiger partial charge in [0, 0.05) is 41.7 Å². The van der Waals surface area contributed by atoms with Crippen molar-refractivity contribution in [3.05, 3.63) is 106 Å². The minimum absolute atomic E-state index is 0.0467. The normalized spacial score (nSPS) is 17.8. The second-order valence-corrected chi connectivity index (χ2v) is 10.1. The number of carbonyl (C=O) groups is 1. The predicted molar refractivity (Wildman–Crippen MR) is 127 cm³/mol. The lowest BCUT2D eigenvalue weighted by Gasteiger charge is -2.29. The first-order valence-corrected chi connectivity index (χ1v) is 12.2. The van der Waals surface area contributed by atoms with Gasteiger partial charge < -0.3 is 0 Å². The molecular weight excluding hydrogens is 501 g/mol. The molecule has 1 aromatic heterocycles. The van der Waals surface area contributed by atoms with E-state index in [2.05, 4.69) is 4.98 Å². The van der Waals surface area contributed by atoms with Crippen LogP contribution >= 0.6 is 11.6 Å². The van der Waals surface area contributed by atoms with Crippen LogP contribution in [-0.4, -0.2) is 36.6 Å². The highest BCUT2D eigenvalue weighted by atomic mass is 35.5. The van der Waals surface area contributed by atoms with E-state index >= 15 is 0 Å². The van der Waals surface area contributed by atoms with Crippen LogP contribution in [-0.2, 0) is 21.0 Å². The number of halogens is 4. The molecule has 1 aliphatic rings. The zero-order valence-corrected chi connectivity index (χ0v) is 19.6. The summed E-state index contributed by atoms with van der Waals surface area (Å²) >= 11 is 5.88. The zero-order chi connectivity index (χ0) is 25.2. The number of aromatic nitrogens is 1. The van der Waals surface area contributed by atoms with E-state index in [0.717, 1.165) is 16.4 Å². The van der Waals surface area contributed by atoms with Gasteiger partial charge in [0.05, 0.1) is 10.5 Å². The van der Waals surface area contributed by atoms with Crippen LogP contribution in [0.15, 0.2) is 89.1 Å². The van der Waals surface area contributed by atoms with Crippen molar-refractivity contribution in [1.82, 2.24) is 9.29 Å². The first-order valence-electron chi connectivity index (χ1n) is 10.3. The Morgan fingerprint density at radius 3 is 2.11 bits per heavy atom. The molecule has 0 amide bonds. The Morgan fingerprint density at radius 2 is 1.49 bits per heavy atom. The Balaban J connectivity index is 1.82. The maximum absolute atomic E-state index is 13.5. The van der Waals surface area contributed by atoms with Crippen LogP contribution in [0.4, 0.5) is 13.2 Å². The third-order valence-corrected chi connectivity index (χ3v) is 7.43. The summed E-state index contributed by atoms with van der Waals surface area (Å²) < 4.78 is 68.4. The number of sulfonamides is 1. The van der Waals surface area contributed by atoms with Gasteiger partial charge in [-0.3, -0.25) is 9.78 Å². The number of pyridine rings is 1. The standard InChI is InChI=1S/C25H18ClF3N2O3S/c26-21-5-7-22(8-6-21)35(33,34)31-15-19(13-17-9-11-30-12-10-17)24(32)20(16-31)14-18-3-1-2-4-23(18)25(27,28)29/h1-14H,15-16H2/b19-13+,20-14+. The second-order valence-electron chi connectivity index (χ2n) is 7.76. The summed E-state index contributed by atoms with van der Waals surface area (Å²) in [4.78, 5) is 17.1. The summed E-state index contributed by atoms with van der Waals surface area (Å²) in [5.74, 6) is -0.527. The van der Waals surface area contributed by atoms with Crippen molar-refractivity contribution in [2.75, 3.05) is 13.1 Å². The largest absolute Gasteiger partial charge is 0.416 e. The van der Waals surface area contributed by atoms with Crippen LogP contribution < -0.4 is 0 Å². The number of hydrogen-bond donors (Lipinski definition) is 0. The lowest BCUT2D eigenvalue weighted by Crippen LogP contribution is -2.41. The van der Waals surface area contributed by atoms with Crippen molar-refractivity contribution in [2.45, 2.75) is 11.1 Å². The fraction of sp³-hybridized carbons (Fsp3) is 0.120. The molecule has 5 nitrogen and oxygen atoms in total. The SMILES string of the molecule is O=C1/C(=C/c2ccncc2)CN(S(=O)(=O)c2ccc(Cl)cc2)C/C1=C\c1ccccc1C(F)(F)F. The summed E-state index contributed by atoms with van der Waals surface area (Å²) in [7, 11) is -4.08. The molecule has 4 rings (SSSR count). The third-order valence-electron chi connectivity index (χ3n) is 5.37. The van der Waals surface area contributed by atoms with Crippen LogP contribution in [0.2, 0.25) is 5.02 Å². The van der Waals surface area contributed by atoms with Crippen LogP contribution in [0.25, 0.3) is 12.2 Å². The van der Waals surface area contributed by atoms with Crippen LogP contribution in [0.3, 0.4) is 0 Å². The zero-order valence-electron chi connectivity index (χ0n) is 18.0. The van der Waals surface area contributed by atoms with Gasteiger partial charge in [-0.05, 0) is 65.7 Å². The quantitative estimate of drug-likeness (QED) is 0.428. The van der Waals surface area contributed by atoms with E-state index in [1.54, 1.807) is 12.1 Å². The molecular formula is C25H18ClF3N2O3S. The Hall–Kier alpha value is -3.27. The van der Waals surface area contributed by atoms with Crippen LogP contribution in [0, 0.1) is 0 Å².